The Morgan fingerprint density at radius 3 is 2.55 bits per heavy atom. The summed E-state index contributed by atoms with van der Waals surface area (Å²) in [6.45, 7) is 6.32. The molecule has 2 aromatic rings. The number of nitrogens with one attached hydrogen (secondary N) is 1. The minimum atomic E-state index is -0.144. The summed E-state index contributed by atoms with van der Waals surface area (Å²) in [6.07, 6.45) is 7.66. The van der Waals surface area contributed by atoms with Gasteiger partial charge in [0.15, 0.2) is 0 Å². The monoisotopic (exact) mass is 441 g/mol. The summed E-state index contributed by atoms with van der Waals surface area (Å²) in [4.78, 5) is 18.5. The van der Waals surface area contributed by atoms with Gasteiger partial charge in [-0.2, -0.15) is 0 Å². The number of hydrogen-bond donors (Lipinski definition) is 1. The number of aryl methyl sites for hydroxylation is 2. The van der Waals surface area contributed by atoms with Gasteiger partial charge >= 0.3 is 0 Å². The molecule has 1 amide bonds. The summed E-state index contributed by atoms with van der Waals surface area (Å²) in [5, 5.41) is 6.49. The molecule has 0 radical (unpaired) electrons. The summed E-state index contributed by atoms with van der Waals surface area (Å²) in [7, 11) is 2.18. The van der Waals surface area contributed by atoms with Crippen molar-refractivity contribution in [3.8, 4) is 0 Å². The highest BCUT2D eigenvalue weighted by atomic mass is 16.1. The molecule has 0 spiro atoms. The highest BCUT2D eigenvalue weighted by Gasteiger charge is 2.48. The van der Waals surface area contributed by atoms with E-state index in [1.807, 2.05) is 0 Å². The lowest BCUT2D eigenvalue weighted by atomic mass is 9.88. The predicted octanol–water partition coefficient (Wildman–Crippen LogP) is 3.00. The third-order valence-corrected chi connectivity index (χ3v) is 8.47. The zero-order valence-electron chi connectivity index (χ0n) is 20.0. The van der Waals surface area contributed by atoms with Gasteiger partial charge in [-0.3, -0.25) is 4.79 Å². The second-order valence-electron chi connectivity index (χ2n) is 10.4. The van der Waals surface area contributed by atoms with E-state index >= 15 is 0 Å². The van der Waals surface area contributed by atoms with E-state index in [-0.39, 0.29) is 11.4 Å². The molecule has 0 aromatic heterocycles. The van der Waals surface area contributed by atoms with Gasteiger partial charge in [0.25, 0.3) is 5.91 Å². The van der Waals surface area contributed by atoms with Gasteiger partial charge in [-0.1, -0.05) is 36.8 Å². The molecule has 4 nitrogen and oxygen atoms in total. The lowest BCUT2D eigenvalue weighted by Gasteiger charge is -2.34. The van der Waals surface area contributed by atoms with Crippen molar-refractivity contribution in [2.24, 2.45) is 0 Å². The first-order valence-corrected chi connectivity index (χ1v) is 12.8. The van der Waals surface area contributed by atoms with Crippen LogP contribution in [0.15, 0.2) is 36.4 Å². The molecule has 0 atom stereocenters. The summed E-state index contributed by atoms with van der Waals surface area (Å²) < 4.78 is 0. The first-order valence-electron chi connectivity index (χ1n) is 12.8. The van der Waals surface area contributed by atoms with E-state index in [9.17, 15) is 4.79 Å². The molecule has 4 aliphatic rings. The molecule has 4 heteroatoms. The number of nitrogens with zero attached hydrogens (tertiary/aromatic N) is 2. The van der Waals surface area contributed by atoms with Gasteiger partial charge in [0.1, 0.15) is 0 Å². The molecule has 1 heterocycles. The standard InChI is InChI=1S/C29H35N3O/c1-3-20-9-11-23(32-17-15-31(2)16-18-32)19-25(20)28(33)30-29(13-14-29)26-12-10-22-8-7-21-5-4-6-24(26)27(21)22/h4-6,9,11,19H,3,7-8,10,12-18H2,1-2H3,(H,30,33). The Labute approximate surface area is 197 Å². The van der Waals surface area contributed by atoms with Crippen molar-refractivity contribution in [1.29, 1.82) is 0 Å². The second kappa shape index (κ2) is 8.02. The lowest BCUT2D eigenvalue weighted by molar-refractivity contribution is 0.0940. The number of likely N-dealkylation sites (N-methyl/N-ethyl adjacent to an activating group) is 1. The summed E-state index contributed by atoms with van der Waals surface area (Å²) >= 11 is 0. The number of amides is 1. The van der Waals surface area contributed by atoms with Crippen molar-refractivity contribution in [2.75, 3.05) is 38.1 Å². The SMILES string of the molecule is CCc1ccc(N2CCN(C)CC2)cc1C(=O)NC1(C2=c3cccc4c3=C(CC2)CC4)CC1. The zero-order chi connectivity index (χ0) is 22.6. The van der Waals surface area contributed by atoms with E-state index in [1.165, 1.54) is 40.1 Å². The van der Waals surface area contributed by atoms with Crippen LogP contribution in [0.1, 0.15) is 60.5 Å². The Morgan fingerprint density at radius 1 is 1.00 bits per heavy atom. The van der Waals surface area contributed by atoms with Crippen LogP contribution < -0.4 is 20.7 Å². The third-order valence-electron chi connectivity index (χ3n) is 8.47. The average Bonchev–Trinajstić information content (AvgIpc) is 3.50. The van der Waals surface area contributed by atoms with Crippen LogP contribution in [-0.2, 0) is 12.8 Å². The number of piperazine rings is 1. The largest absolute Gasteiger partial charge is 0.369 e. The minimum Gasteiger partial charge on any atom is -0.369 e. The summed E-state index contributed by atoms with van der Waals surface area (Å²) in [6, 6.07) is 13.3. The molecule has 172 valence electrons. The van der Waals surface area contributed by atoms with Gasteiger partial charge in [-0.15, -0.1) is 0 Å². The van der Waals surface area contributed by atoms with E-state index in [1.54, 1.807) is 5.57 Å². The molecule has 2 aromatic carbocycles. The maximum absolute atomic E-state index is 13.7. The Bertz CT molecular complexity index is 1230. The normalized spacial score (nSPS) is 21.2. The van der Waals surface area contributed by atoms with Gasteiger partial charge in [-0.25, -0.2) is 0 Å². The van der Waals surface area contributed by atoms with Gasteiger partial charge < -0.3 is 15.1 Å². The Balaban J connectivity index is 1.33. The fourth-order valence-corrected chi connectivity index (χ4v) is 6.30. The van der Waals surface area contributed by atoms with E-state index in [4.69, 9.17) is 0 Å². The van der Waals surface area contributed by atoms with E-state index < -0.39 is 0 Å². The van der Waals surface area contributed by atoms with Crippen molar-refractivity contribution in [2.45, 2.75) is 57.4 Å². The van der Waals surface area contributed by atoms with Crippen molar-refractivity contribution >= 4 is 22.7 Å². The molecule has 1 aliphatic heterocycles. The number of rotatable bonds is 5. The molecule has 1 saturated carbocycles. The molecular weight excluding hydrogens is 406 g/mol. The van der Waals surface area contributed by atoms with E-state index in [0.717, 1.165) is 69.4 Å². The van der Waals surface area contributed by atoms with Crippen molar-refractivity contribution < 1.29 is 4.79 Å². The summed E-state index contributed by atoms with van der Waals surface area (Å²) in [5.74, 6) is 0.107. The number of carbonyl (C=O) groups is 1. The number of hydrogen-bond acceptors (Lipinski definition) is 3. The number of benzene rings is 2. The molecule has 6 rings (SSSR count). The van der Waals surface area contributed by atoms with E-state index in [2.05, 4.69) is 65.5 Å². The Kier molecular flexibility index (Phi) is 5.10. The van der Waals surface area contributed by atoms with Crippen molar-refractivity contribution in [3.63, 3.8) is 0 Å². The molecular formula is C29H35N3O. The van der Waals surface area contributed by atoms with Gasteiger partial charge in [0.2, 0.25) is 0 Å². The van der Waals surface area contributed by atoms with E-state index in [0.29, 0.717) is 0 Å². The fraction of sp³-hybridized carbons (Fsp3) is 0.483. The quantitative estimate of drug-likeness (QED) is 0.775. The van der Waals surface area contributed by atoms with Crippen LogP contribution >= 0.6 is 0 Å². The Morgan fingerprint density at radius 2 is 1.79 bits per heavy atom. The lowest BCUT2D eigenvalue weighted by Crippen LogP contribution is -2.45. The minimum absolute atomic E-state index is 0.107. The smallest absolute Gasteiger partial charge is 0.252 e. The number of anilines is 1. The molecule has 1 saturated heterocycles. The molecule has 1 N–H and O–H groups in total. The second-order valence-corrected chi connectivity index (χ2v) is 10.4. The first-order chi connectivity index (χ1) is 16.1. The maximum Gasteiger partial charge on any atom is 0.252 e. The van der Waals surface area contributed by atoms with Gasteiger partial charge in [0, 0.05) is 37.4 Å². The van der Waals surface area contributed by atoms with Crippen molar-refractivity contribution in [3.05, 3.63) is 63.5 Å². The highest BCUT2D eigenvalue weighted by molar-refractivity contribution is 5.98. The third kappa shape index (κ3) is 3.59. The topological polar surface area (TPSA) is 35.6 Å². The molecule has 2 fully saturated rings. The van der Waals surface area contributed by atoms with Crippen LogP contribution in [0.25, 0.3) is 11.1 Å². The molecule has 3 aliphatic carbocycles. The molecule has 33 heavy (non-hydrogen) atoms. The van der Waals surface area contributed by atoms with Crippen LogP contribution in [0, 0.1) is 0 Å². The molecule has 0 unspecified atom stereocenters. The van der Waals surface area contributed by atoms with Crippen LogP contribution in [0.4, 0.5) is 5.69 Å². The van der Waals surface area contributed by atoms with Crippen LogP contribution in [0.5, 0.6) is 0 Å². The van der Waals surface area contributed by atoms with Crippen LogP contribution in [0.2, 0.25) is 0 Å². The fourth-order valence-electron chi connectivity index (χ4n) is 6.30. The molecule has 0 bridgehead atoms. The van der Waals surface area contributed by atoms with Crippen LogP contribution in [-0.4, -0.2) is 49.6 Å². The van der Waals surface area contributed by atoms with Gasteiger partial charge in [0.05, 0.1) is 5.54 Å². The van der Waals surface area contributed by atoms with Gasteiger partial charge in [-0.05, 0) is 91.3 Å². The number of carbonyl (C=O) groups excluding carboxylic acids is 1. The summed E-state index contributed by atoms with van der Waals surface area (Å²) in [5.41, 5.74) is 7.67. The average molecular weight is 442 g/mol. The predicted molar refractivity (Wildman–Crippen MR) is 135 cm³/mol. The first kappa shape index (κ1) is 21.0. The van der Waals surface area contributed by atoms with Crippen LogP contribution in [0.3, 0.4) is 0 Å². The van der Waals surface area contributed by atoms with Crippen molar-refractivity contribution in [1.82, 2.24) is 10.2 Å². The Hall–Kier alpha value is -2.59. The maximum atomic E-state index is 13.7. The highest BCUT2D eigenvalue weighted by Crippen LogP contribution is 2.46. The zero-order valence-corrected chi connectivity index (χ0v) is 20.0.